The van der Waals surface area contributed by atoms with Crippen LogP contribution >= 0.6 is 0 Å². The predicted molar refractivity (Wildman–Crippen MR) is 78.8 cm³/mol. The van der Waals surface area contributed by atoms with E-state index in [1.165, 1.54) is 24.6 Å². The van der Waals surface area contributed by atoms with Gasteiger partial charge in [-0.25, -0.2) is 8.78 Å². The lowest BCUT2D eigenvalue weighted by Crippen LogP contribution is -2.32. The summed E-state index contributed by atoms with van der Waals surface area (Å²) in [5.74, 6) is 0.592. The molecule has 1 saturated carbocycles. The molecule has 0 radical (unpaired) electrons. The first kappa shape index (κ1) is 15.4. The van der Waals surface area contributed by atoms with Crippen molar-refractivity contribution in [1.29, 1.82) is 0 Å². The van der Waals surface area contributed by atoms with E-state index in [-0.39, 0.29) is 17.6 Å². The third kappa shape index (κ3) is 4.02. The third-order valence-corrected chi connectivity index (χ3v) is 4.23. The average molecular weight is 281 g/mol. The van der Waals surface area contributed by atoms with Crippen LogP contribution in [0.2, 0.25) is 0 Å². The van der Waals surface area contributed by atoms with E-state index in [2.05, 4.69) is 19.2 Å². The number of halogens is 2. The van der Waals surface area contributed by atoms with Crippen LogP contribution in [0.25, 0.3) is 0 Å². The van der Waals surface area contributed by atoms with Gasteiger partial charge in [-0.2, -0.15) is 0 Å². The predicted octanol–water partition coefficient (Wildman–Crippen LogP) is 4.48. The fraction of sp³-hybridized carbons (Fsp3) is 0.647. The Kier molecular flexibility index (Phi) is 5.53. The Balaban J connectivity index is 2.07. The van der Waals surface area contributed by atoms with Gasteiger partial charge in [0.25, 0.3) is 0 Å². The monoisotopic (exact) mass is 281 g/mol. The zero-order chi connectivity index (χ0) is 14.5. The van der Waals surface area contributed by atoms with E-state index in [0.717, 1.165) is 32.4 Å². The molecule has 0 aromatic heterocycles. The van der Waals surface area contributed by atoms with E-state index >= 15 is 0 Å². The second kappa shape index (κ2) is 7.16. The molecule has 0 amide bonds. The van der Waals surface area contributed by atoms with Gasteiger partial charge in [-0.15, -0.1) is 0 Å². The van der Waals surface area contributed by atoms with Crippen LogP contribution in [0, 0.1) is 23.5 Å². The Morgan fingerprint density at radius 1 is 1.20 bits per heavy atom. The highest BCUT2D eigenvalue weighted by Gasteiger charge is 2.28. The highest BCUT2D eigenvalue weighted by atomic mass is 19.1. The van der Waals surface area contributed by atoms with Crippen LogP contribution in [-0.4, -0.2) is 13.1 Å². The molecular weight excluding hydrogens is 256 g/mol. The van der Waals surface area contributed by atoms with Crippen LogP contribution in [0.15, 0.2) is 18.2 Å². The summed E-state index contributed by atoms with van der Waals surface area (Å²) in [7, 11) is 0. The summed E-state index contributed by atoms with van der Waals surface area (Å²) in [6.45, 7) is 6.24. The van der Waals surface area contributed by atoms with Gasteiger partial charge in [0.15, 0.2) is 0 Å². The van der Waals surface area contributed by atoms with E-state index in [4.69, 9.17) is 0 Å². The smallest absolute Gasteiger partial charge is 0.126 e. The Bertz CT molecular complexity index is 431. The molecule has 1 aromatic rings. The van der Waals surface area contributed by atoms with Crippen LogP contribution in [0.5, 0.6) is 0 Å². The maximum Gasteiger partial charge on any atom is 0.126 e. The zero-order valence-electron chi connectivity index (χ0n) is 12.5. The number of hydrogen-bond donors (Lipinski definition) is 1. The average Bonchev–Trinajstić information content (AvgIpc) is 2.42. The van der Waals surface area contributed by atoms with Crippen molar-refractivity contribution < 1.29 is 8.78 Å². The van der Waals surface area contributed by atoms with Crippen LogP contribution in [0.4, 0.5) is 8.78 Å². The normalized spacial score (nSPS) is 23.2. The molecule has 0 spiro atoms. The van der Waals surface area contributed by atoms with Gasteiger partial charge in [0.2, 0.25) is 0 Å². The fourth-order valence-corrected chi connectivity index (χ4v) is 3.22. The molecule has 1 fully saturated rings. The molecule has 0 heterocycles. The first-order valence-corrected chi connectivity index (χ1v) is 7.73. The van der Waals surface area contributed by atoms with E-state index in [1.54, 1.807) is 0 Å². The zero-order valence-corrected chi connectivity index (χ0v) is 12.5. The molecular formula is C17H25F2N. The van der Waals surface area contributed by atoms with Gasteiger partial charge in [-0.3, -0.25) is 0 Å². The molecule has 2 unspecified atom stereocenters. The largest absolute Gasteiger partial charge is 0.316 e. The Labute approximate surface area is 120 Å². The van der Waals surface area contributed by atoms with Crippen LogP contribution in [0.3, 0.4) is 0 Å². The van der Waals surface area contributed by atoms with Crippen molar-refractivity contribution >= 4 is 0 Å². The molecule has 20 heavy (non-hydrogen) atoms. The minimum atomic E-state index is -0.333. The maximum atomic E-state index is 14.0. The Morgan fingerprint density at radius 3 is 2.70 bits per heavy atom. The quantitative estimate of drug-likeness (QED) is 0.839. The first-order valence-electron chi connectivity index (χ1n) is 7.73. The third-order valence-electron chi connectivity index (χ3n) is 4.23. The molecule has 1 aliphatic rings. The molecule has 1 aromatic carbocycles. The molecule has 2 rings (SSSR count). The topological polar surface area (TPSA) is 12.0 Å². The molecule has 1 N–H and O–H groups in total. The van der Waals surface area contributed by atoms with Crippen LogP contribution < -0.4 is 5.32 Å². The van der Waals surface area contributed by atoms with Gasteiger partial charge in [0, 0.05) is 0 Å². The first-order chi connectivity index (χ1) is 9.58. The van der Waals surface area contributed by atoms with Crippen molar-refractivity contribution in [2.24, 2.45) is 11.8 Å². The number of nitrogens with one attached hydrogen (secondary N) is 1. The van der Waals surface area contributed by atoms with Crippen molar-refractivity contribution in [3.8, 4) is 0 Å². The summed E-state index contributed by atoms with van der Waals surface area (Å²) in [6, 6.07) is 3.85. The van der Waals surface area contributed by atoms with E-state index in [1.807, 2.05) is 0 Å². The molecule has 1 aliphatic carbocycles. The molecule has 0 bridgehead atoms. The summed E-state index contributed by atoms with van der Waals surface area (Å²) in [4.78, 5) is 0. The minimum absolute atomic E-state index is 0.152. The lowest BCUT2D eigenvalue weighted by Gasteiger charge is -2.32. The second-order valence-corrected chi connectivity index (χ2v) is 6.37. The summed E-state index contributed by atoms with van der Waals surface area (Å²) in [6.07, 6.45) is 4.38. The molecule has 1 nitrogen and oxygen atoms in total. The van der Waals surface area contributed by atoms with Crippen molar-refractivity contribution in [3.05, 3.63) is 35.4 Å². The Morgan fingerprint density at radius 2 is 1.95 bits per heavy atom. The second-order valence-electron chi connectivity index (χ2n) is 6.37. The van der Waals surface area contributed by atoms with E-state index < -0.39 is 0 Å². The van der Waals surface area contributed by atoms with Gasteiger partial charge in [-0.1, -0.05) is 26.7 Å². The molecule has 3 heteroatoms. The number of rotatable bonds is 5. The van der Waals surface area contributed by atoms with Gasteiger partial charge in [0.1, 0.15) is 11.6 Å². The SMILES string of the molecule is CC(C)CNCC1CCCCC1c1cc(F)ccc1F. The van der Waals surface area contributed by atoms with Crippen molar-refractivity contribution in [2.75, 3.05) is 13.1 Å². The number of benzene rings is 1. The minimum Gasteiger partial charge on any atom is -0.316 e. The molecule has 0 saturated heterocycles. The lowest BCUT2D eigenvalue weighted by molar-refractivity contribution is 0.286. The van der Waals surface area contributed by atoms with Crippen LogP contribution in [0.1, 0.15) is 51.0 Å². The van der Waals surface area contributed by atoms with Crippen molar-refractivity contribution in [1.82, 2.24) is 5.32 Å². The molecule has 2 atom stereocenters. The van der Waals surface area contributed by atoms with E-state index in [9.17, 15) is 8.78 Å². The fourth-order valence-electron chi connectivity index (χ4n) is 3.22. The van der Waals surface area contributed by atoms with Gasteiger partial charge in [0.05, 0.1) is 0 Å². The molecule has 112 valence electrons. The van der Waals surface area contributed by atoms with Crippen molar-refractivity contribution in [3.63, 3.8) is 0 Å². The highest BCUT2D eigenvalue weighted by molar-refractivity contribution is 5.24. The van der Waals surface area contributed by atoms with Gasteiger partial charge >= 0.3 is 0 Å². The molecule has 0 aliphatic heterocycles. The standard InChI is InChI=1S/C17H25F2N/c1-12(2)10-20-11-13-5-3-4-6-15(13)16-9-14(18)7-8-17(16)19/h7-9,12-13,15,20H,3-6,10-11H2,1-2H3. The summed E-state index contributed by atoms with van der Waals surface area (Å²) < 4.78 is 27.4. The maximum absolute atomic E-state index is 14.0. The number of hydrogen-bond acceptors (Lipinski definition) is 1. The van der Waals surface area contributed by atoms with Crippen LogP contribution in [-0.2, 0) is 0 Å². The van der Waals surface area contributed by atoms with Gasteiger partial charge < -0.3 is 5.32 Å². The van der Waals surface area contributed by atoms with Crippen molar-refractivity contribution in [2.45, 2.75) is 45.4 Å². The lowest BCUT2D eigenvalue weighted by atomic mass is 9.75. The summed E-state index contributed by atoms with van der Waals surface area (Å²) >= 11 is 0. The summed E-state index contributed by atoms with van der Waals surface area (Å²) in [5, 5.41) is 3.47. The van der Waals surface area contributed by atoms with Gasteiger partial charge in [-0.05, 0) is 67.4 Å². The highest BCUT2D eigenvalue weighted by Crippen LogP contribution is 2.38. The summed E-state index contributed by atoms with van der Waals surface area (Å²) in [5.41, 5.74) is 0.570. The Hall–Kier alpha value is -0.960. The van der Waals surface area contributed by atoms with E-state index in [0.29, 0.717) is 17.4 Å².